The molecule has 1 heterocycles. The molecular weight excluding hydrogens is 349 g/mol. The molecule has 0 spiro atoms. The van der Waals surface area contributed by atoms with Crippen molar-refractivity contribution in [2.24, 2.45) is 5.92 Å². The maximum atomic E-state index is 13.6. The molecule has 5 nitrogen and oxygen atoms in total. The fourth-order valence-electron chi connectivity index (χ4n) is 3.06. The van der Waals surface area contributed by atoms with Gasteiger partial charge in [0.2, 0.25) is 0 Å². The van der Waals surface area contributed by atoms with E-state index in [9.17, 15) is 9.50 Å². The number of rotatable bonds is 8. The van der Waals surface area contributed by atoms with Crippen molar-refractivity contribution >= 4 is 0 Å². The van der Waals surface area contributed by atoms with Crippen molar-refractivity contribution in [3.05, 3.63) is 53.8 Å². The van der Waals surface area contributed by atoms with Gasteiger partial charge in [-0.25, -0.2) is 4.39 Å². The lowest BCUT2D eigenvalue weighted by Gasteiger charge is -2.26. The number of benzene rings is 2. The molecule has 0 radical (unpaired) electrons. The van der Waals surface area contributed by atoms with E-state index in [2.05, 4.69) is 19.2 Å². The van der Waals surface area contributed by atoms with Gasteiger partial charge in [0.05, 0.1) is 0 Å². The predicted octanol–water partition coefficient (Wildman–Crippen LogP) is 3.32. The van der Waals surface area contributed by atoms with Crippen molar-refractivity contribution < 1.29 is 23.7 Å². The van der Waals surface area contributed by atoms with Crippen molar-refractivity contribution in [1.29, 1.82) is 0 Å². The average Bonchev–Trinajstić information content (AvgIpc) is 2.67. The molecule has 6 heteroatoms. The van der Waals surface area contributed by atoms with Gasteiger partial charge in [0, 0.05) is 12.6 Å². The number of aliphatic hydroxyl groups excluding tert-OH is 1. The maximum absolute atomic E-state index is 13.6. The standard InChI is InChI=1S/C21H26FNO4/c1-14(2)21(15-7-8-19-20(11-15)26-10-9-25-19)23-12-16(24)13-27-18-6-4-3-5-17(18)22/h3-8,11,14,16,21,23-24H,9-10,12-13H2,1-2H3/t16-,21-/m0/s1. The summed E-state index contributed by atoms with van der Waals surface area (Å²) >= 11 is 0. The van der Waals surface area contributed by atoms with Gasteiger partial charge in [0.15, 0.2) is 23.1 Å². The van der Waals surface area contributed by atoms with E-state index >= 15 is 0 Å². The molecule has 0 aromatic heterocycles. The third kappa shape index (κ3) is 5.11. The van der Waals surface area contributed by atoms with Crippen LogP contribution in [0.3, 0.4) is 0 Å². The van der Waals surface area contributed by atoms with E-state index < -0.39 is 11.9 Å². The summed E-state index contributed by atoms with van der Waals surface area (Å²) in [6, 6.07) is 12.1. The Hall–Kier alpha value is -2.31. The van der Waals surface area contributed by atoms with Gasteiger partial charge in [-0.1, -0.05) is 32.0 Å². The zero-order valence-corrected chi connectivity index (χ0v) is 15.7. The van der Waals surface area contributed by atoms with Crippen LogP contribution in [0.5, 0.6) is 17.2 Å². The molecule has 0 aliphatic carbocycles. The molecular formula is C21H26FNO4. The van der Waals surface area contributed by atoms with Crippen LogP contribution in [0, 0.1) is 11.7 Å². The Kier molecular flexibility index (Phi) is 6.53. The first-order chi connectivity index (χ1) is 13.0. The molecule has 0 amide bonds. The molecule has 2 aromatic rings. The van der Waals surface area contributed by atoms with Crippen molar-refractivity contribution in [2.45, 2.75) is 26.0 Å². The second kappa shape index (κ2) is 9.06. The highest BCUT2D eigenvalue weighted by Gasteiger charge is 2.20. The highest BCUT2D eigenvalue weighted by molar-refractivity contribution is 5.44. The predicted molar refractivity (Wildman–Crippen MR) is 101 cm³/mol. The topological polar surface area (TPSA) is 60.0 Å². The molecule has 2 atom stereocenters. The highest BCUT2D eigenvalue weighted by Crippen LogP contribution is 2.34. The van der Waals surface area contributed by atoms with Crippen LogP contribution in [0.25, 0.3) is 0 Å². The van der Waals surface area contributed by atoms with E-state index in [0.29, 0.717) is 25.7 Å². The Labute approximate surface area is 159 Å². The lowest BCUT2D eigenvalue weighted by molar-refractivity contribution is 0.0993. The first-order valence-corrected chi connectivity index (χ1v) is 9.23. The van der Waals surface area contributed by atoms with Crippen LogP contribution in [0.4, 0.5) is 4.39 Å². The summed E-state index contributed by atoms with van der Waals surface area (Å²) in [7, 11) is 0. The molecule has 146 valence electrons. The molecule has 0 unspecified atom stereocenters. The largest absolute Gasteiger partial charge is 0.488 e. The molecule has 0 saturated carbocycles. The summed E-state index contributed by atoms with van der Waals surface area (Å²) in [5.74, 6) is 1.51. The third-order valence-electron chi connectivity index (χ3n) is 4.43. The molecule has 0 fully saturated rings. The quantitative estimate of drug-likeness (QED) is 0.741. The molecule has 2 N–H and O–H groups in total. The number of aliphatic hydroxyl groups is 1. The smallest absolute Gasteiger partial charge is 0.165 e. The second-order valence-corrected chi connectivity index (χ2v) is 6.93. The number of hydrogen-bond acceptors (Lipinski definition) is 5. The van der Waals surface area contributed by atoms with Crippen molar-refractivity contribution in [2.75, 3.05) is 26.4 Å². The van der Waals surface area contributed by atoms with Crippen LogP contribution < -0.4 is 19.5 Å². The third-order valence-corrected chi connectivity index (χ3v) is 4.43. The fourth-order valence-corrected chi connectivity index (χ4v) is 3.06. The van der Waals surface area contributed by atoms with Gasteiger partial charge in [0.1, 0.15) is 25.9 Å². The van der Waals surface area contributed by atoms with Gasteiger partial charge in [0.25, 0.3) is 0 Å². The molecule has 2 aromatic carbocycles. The number of para-hydroxylation sites is 1. The average molecular weight is 375 g/mol. The van der Waals surface area contributed by atoms with Crippen LogP contribution in [0.15, 0.2) is 42.5 Å². The van der Waals surface area contributed by atoms with E-state index in [1.54, 1.807) is 18.2 Å². The Balaban J connectivity index is 1.57. The lowest BCUT2D eigenvalue weighted by atomic mass is 9.95. The monoisotopic (exact) mass is 375 g/mol. The van der Waals surface area contributed by atoms with Crippen molar-refractivity contribution in [3.8, 4) is 17.2 Å². The van der Waals surface area contributed by atoms with Crippen LogP contribution in [-0.4, -0.2) is 37.6 Å². The number of nitrogens with one attached hydrogen (secondary N) is 1. The fraction of sp³-hybridized carbons (Fsp3) is 0.429. The normalized spacial score (nSPS) is 15.4. The van der Waals surface area contributed by atoms with Gasteiger partial charge < -0.3 is 24.6 Å². The number of hydrogen-bond donors (Lipinski definition) is 2. The SMILES string of the molecule is CC(C)[C@H](NC[C@H](O)COc1ccccc1F)c1ccc2c(c1)OCCO2. The minimum absolute atomic E-state index is 0.0138. The van der Waals surface area contributed by atoms with Gasteiger partial charge in [-0.05, 0) is 35.7 Å². The maximum Gasteiger partial charge on any atom is 0.165 e. The van der Waals surface area contributed by atoms with E-state index in [1.165, 1.54) is 6.07 Å². The second-order valence-electron chi connectivity index (χ2n) is 6.93. The molecule has 1 aliphatic heterocycles. The Morgan fingerprint density at radius 3 is 2.59 bits per heavy atom. The summed E-state index contributed by atoms with van der Waals surface area (Å²) in [5, 5.41) is 13.6. The summed E-state index contributed by atoms with van der Waals surface area (Å²) in [5.41, 5.74) is 1.07. The van der Waals surface area contributed by atoms with Crippen LogP contribution in [0.2, 0.25) is 0 Å². The molecule has 27 heavy (non-hydrogen) atoms. The van der Waals surface area contributed by atoms with Crippen LogP contribution in [0.1, 0.15) is 25.5 Å². The number of halogens is 1. The van der Waals surface area contributed by atoms with E-state index in [1.807, 2.05) is 18.2 Å². The minimum Gasteiger partial charge on any atom is -0.488 e. The van der Waals surface area contributed by atoms with Crippen LogP contribution in [-0.2, 0) is 0 Å². The van der Waals surface area contributed by atoms with E-state index in [4.69, 9.17) is 14.2 Å². The first kappa shape index (κ1) is 19.5. The van der Waals surface area contributed by atoms with E-state index in [0.717, 1.165) is 17.1 Å². The zero-order chi connectivity index (χ0) is 19.2. The Morgan fingerprint density at radius 2 is 1.85 bits per heavy atom. The molecule has 0 bridgehead atoms. The molecule has 3 rings (SSSR count). The number of ether oxygens (including phenoxy) is 3. The summed E-state index contributed by atoms with van der Waals surface area (Å²) in [4.78, 5) is 0. The summed E-state index contributed by atoms with van der Waals surface area (Å²) in [6.07, 6.45) is -0.761. The van der Waals surface area contributed by atoms with Crippen LogP contribution >= 0.6 is 0 Å². The van der Waals surface area contributed by atoms with Gasteiger partial charge in [-0.15, -0.1) is 0 Å². The van der Waals surface area contributed by atoms with Crippen molar-refractivity contribution in [3.63, 3.8) is 0 Å². The van der Waals surface area contributed by atoms with Crippen molar-refractivity contribution in [1.82, 2.24) is 5.32 Å². The molecule has 0 saturated heterocycles. The number of fused-ring (bicyclic) bond motifs is 1. The zero-order valence-electron chi connectivity index (χ0n) is 15.7. The molecule has 1 aliphatic rings. The van der Waals surface area contributed by atoms with Gasteiger partial charge >= 0.3 is 0 Å². The summed E-state index contributed by atoms with van der Waals surface area (Å²) in [6.45, 7) is 5.66. The van der Waals surface area contributed by atoms with E-state index in [-0.39, 0.29) is 18.4 Å². The highest BCUT2D eigenvalue weighted by atomic mass is 19.1. The first-order valence-electron chi connectivity index (χ1n) is 9.23. The Morgan fingerprint density at radius 1 is 1.11 bits per heavy atom. The van der Waals surface area contributed by atoms with Gasteiger partial charge in [-0.3, -0.25) is 0 Å². The lowest BCUT2D eigenvalue weighted by Crippen LogP contribution is -2.36. The Bertz CT molecular complexity index is 753. The van der Waals surface area contributed by atoms with Gasteiger partial charge in [-0.2, -0.15) is 0 Å². The summed E-state index contributed by atoms with van der Waals surface area (Å²) < 4.78 is 30.2. The minimum atomic E-state index is -0.761.